The summed E-state index contributed by atoms with van der Waals surface area (Å²) >= 11 is 5.94. The average Bonchev–Trinajstić information content (AvgIpc) is 2.57. The van der Waals surface area contributed by atoms with Gasteiger partial charge in [0.2, 0.25) is 15.9 Å². The molecule has 2 aromatic rings. The van der Waals surface area contributed by atoms with Gasteiger partial charge in [0.25, 0.3) is 5.69 Å². The summed E-state index contributed by atoms with van der Waals surface area (Å²) in [5, 5.41) is 14.1. The summed E-state index contributed by atoms with van der Waals surface area (Å²) in [4.78, 5) is 23.0. The number of hydrogen-bond donors (Lipinski definition) is 1. The third kappa shape index (κ3) is 4.95. The van der Waals surface area contributed by atoms with Gasteiger partial charge in [0, 0.05) is 22.8 Å². The zero-order valence-corrected chi connectivity index (χ0v) is 16.4. The van der Waals surface area contributed by atoms with Crippen LogP contribution < -0.4 is 9.62 Å². The number of nitrogens with zero attached hydrogens (tertiary/aromatic N) is 2. The van der Waals surface area contributed by atoms with Crippen molar-refractivity contribution in [2.24, 2.45) is 0 Å². The first-order chi connectivity index (χ1) is 12.5. The number of carbonyl (C=O) groups is 1. The van der Waals surface area contributed by atoms with Gasteiger partial charge in [-0.25, -0.2) is 8.42 Å². The molecule has 0 radical (unpaired) electrons. The Morgan fingerprint density at radius 1 is 1.26 bits per heavy atom. The predicted molar refractivity (Wildman–Crippen MR) is 105 cm³/mol. The van der Waals surface area contributed by atoms with Gasteiger partial charge >= 0.3 is 0 Å². The highest BCUT2D eigenvalue weighted by Crippen LogP contribution is 2.26. The van der Waals surface area contributed by atoms with E-state index < -0.39 is 26.9 Å². The van der Waals surface area contributed by atoms with Gasteiger partial charge in [-0.1, -0.05) is 23.7 Å². The molecule has 0 aliphatic carbocycles. The Morgan fingerprint density at radius 3 is 2.52 bits per heavy atom. The van der Waals surface area contributed by atoms with Gasteiger partial charge < -0.3 is 5.32 Å². The van der Waals surface area contributed by atoms with E-state index in [1.807, 2.05) is 0 Å². The third-order valence-corrected chi connectivity index (χ3v) is 5.32. The number of anilines is 2. The first kappa shape index (κ1) is 20.7. The molecule has 2 rings (SSSR count). The van der Waals surface area contributed by atoms with Crippen molar-refractivity contribution in [2.45, 2.75) is 19.9 Å². The molecule has 0 spiro atoms. The molecule has 0 aliphatic rings. The Balaban J connectivity index is 2.39. The second-order valence-electron chi connectivity index (χ2n) is 5.96. The van der Waals surface area contributed by atoms with Crippen LogP contribution in [0, 0.1) is 17.0 Å². The van der Waals surface area contributed by atoms with Crippen LogP contribution in [0.15, 0.2) is 42.5 Å². The number of non-ortho nitro benzene ring substituents is 1. The maximum atomic E-state index is 12.7. The van der Waals surface area contributed by atoms with Crippen LogP contribution in [0.25, 0.3) is 0 Å². The maximum absolute atomic E-state index is 12.7. The van der Waals surface area contributed by atoms with E-state index in [9.17, 15) is 23.3 Å². The van der Waals surface area contributed by atoms with E-state index in [1.165, 1.54) is 25.1 Å². The molecule has 0 heterocycles. The Kier molecular flexibility index (Phi) is 6.07. The minimum absolute atomic E-state index is 0.0252. The summed E-state index contributed by atoms with van der Waals surface area (Å²) in [6, 6.07) is 8.89. The molecular weight excluding hydrogens is 394 g/mol. The van der Waals surface area contributed by atoms with Crippen molar-refractivity contribution in [3.8, 4) is 0 Å². The largest absolute Gasteiger partial charge is 0.324 e. The zero-order chi connectivity index (χ0) is 20.4. The first-order valence-corrected chi connectivity index (χ1v) is 10.0. The van der Waals surface area contributed by atoms with Crippen molar-refractivity contribution >= 4 is 44.6 Å². The lowest BCUT2D eigenvalue weighted by Gasteiger charge is -2.28. The van der Waals surface area contributed by atoms with E-state index in [0.29, 0.717) is 10.7 Å². The Morgan fingerprint density at radius 2 is 1.93 bits per heavy atom. The lowest BCUT2D eigenvalue weighted by atomic mass is 10.2. The molecule has 0 fully saturated rings. The zero-order valence-electron chi connectivity index (χ0n) is 14.8. The molecule has 8 nitrogen and oxygen atoms in total. The maximum Gasteiger partial charge on any atom is 0.271 e. The number of hydrogen-bond acceptors (Lipinski definition) is 5. The highest BCUT2D eigenvalue weighted by Gasteiger charge is 2.30. The molecule has 2 aromatic carbocycles. The minimum atomic E-state index is -3.89. The normalized spacial score (nSPS) is 12.3. The van der Waals surface area contributed by atoms with Gasteiger partial charge in [-0.15, -0.1) is 0 Å². The molecule has 0 saturated heterocycles. The van der Waals surface area contributed by atoms with Gasteiger partial charge in [0.05, 0.1) is 16.9 Å². The van der Waals surface area contributed by atoms with Crippen molar-refractivity contribution in [3.63, 3.8) is 0 Å². The topological polar surface area (TPSA) is 110 Å². The van der Waals surface area contributed by atoms with Crippen LogP contribution in [-0.4, -0.2) is 31.5 Å². The molecule has 0 aromatic heterocycles. The number of benzene rings is 2. The Labute approximate surface area is 162 Å². The number of rotatable bonds is 6. The summed E-state index contributed by atoms with van der Waals surface area (Å²) in [7, 11) is -3.89. The quantitative estimate of drug-likeness (QED) is 0.579. The molecule has 27 heavy (non-hydrogen) atoms. The summed E-state index contributed by atoms with van der Waals surface area (Å²) in [6.45, 7) is 3.17. The molecular formula is C17H18ClN3O5S. The molecule has 0 bridgehead atoms. The molecule has 1 amide bonds. The van der Waals surface area contributed by atoms with E-state index >= 15 is 0 Å². The number of carbonyl (C=O) groups excluding carboxylic acids is 1. The van der Waals surface area contributed by atoms with E-state index in [2.05, 4.69) is 5.32 Å². The number of sulfonamides is 1. The highest BCUT2D eigenvalue weighted by atomic mass is 35.5. The summed E-state index contributed by atoms with van der Waals surface area (Å²) < 4.78 is 25.4. The fourth-order valence-corrected chi connectivity index (χ4v) is 3.86. The molecule has 0 aliphatic heterocycles. The number of nitro groups is 1. The van der Waals surface area contributed by atoms with Crippen molar-refractivity contribution in [1.29, 1.82) is 0 Å². The molecule has 10 heteroatoms. The minimum Gasteiger partial charge on any atom is -0.324 e. The lowest BCUT2D eigenvalue weighted by molar-refractivity contribution is -0.384. The number of amides is 1. The molecule has 144 valence electrons. The highest BCUT2D eigenvalue weighted by molar-refractivity contribution is 7.92. The second-order valence-corrected chi connectivity index (χ2v) is 8.26. The monoisotopic (exact) mass is 411 g/mol. The smallest absolute Gasteiger partial charge is 0.271 e. The average molecular weight is 412 g/mol. The van der Waals surface area contributed by atoms with Crippen LogP contribution in [0.5, 0.6) is 0 Å². The Bertz CT molecular complexity index is 994. The van der Waals surface area contributed by atoms with Gasteiger partial charge in [0.1, 0.15) is 6.04 Å². The summed E-state index contributed by atoms with van der Waals surface area (Å²) in [6.07, 6.45) is 0.931. The molecule has 1 atom stereocenters. The van der Waals surface area contributed by atoms with E-state index in [1.54, 1.807) is 25.1 Å². The lowest BCUT2D eigenvalue weighted by Crippen LogP contribution is -2.45. The number of aryl methyl sites for hydroxylation is 1. The number of halogens is 1. The van der Waals surface area contributed by atoms with Gasteiger partial charge in [0.15, 0.2) is 0 Å². The Hall–Kier alpha value is -2.65. The van der Waals surface area contributed by atoms with Gasteiger partial charge in [-0.2, -0.15) is 0 Å². The molecule has 1 N–H and O–H groups in total. The van der Waals surface area contributed by atoms with E-state index in [-0.39, 0.29) is 11.4 Å². The summed E-state index contributed by atoms with van der Waals surface area (Å²) in [5.41, 5.74) is 0.949. The molecule has 0 saturated carbocycles. The van der Waals surface area contributed by atoms with Crippen LogP contribution in [0.4, 0.5) is 17.1 Å². The van der Waals surface area contributed by atoms with E-state index in [0.717, 1.165) is 22.2 Å². The van der Waals surface area contributed by atoms with Crippen LogP contribution in [0.2, 0.25) is 5.02 Å². The van der Waals surface area contributed by atoms with Gasteiger partial charge in [-0.3, -0.25) is 19.2 Å². The summed E-state index contributed by atoms with van der Waals surface area (Å²) in [5.74, 6) is -0.600. The van der Waals surface area contributed by atoms with Crippen LogP contribution in [-0.2, 0) is 14.8 Å². The van der Waals surface area contributed by atoms with Crippen LogP contribution >= 0.6 is 11.6 Å². The molecule has 1 unspecified atom stereocenters. The second kappa shape index (κ2) is 7.93. The standard InChI is InChI=1S/C17H18ClN3O5S/c1-11-7-8-13(18)9-16(11)19-17(22)12(2)20(27(3,25)26)14-5-4-6-15(10-14)21(23)24/h4-10,12H,1-3H3,(H,19,22). The van der Waals surface area contributed by atoms with Crippen molar-refractivity contribution in [3.05, 3.63) is 63.2 Å². The van der Waals surface area contributed by atoms with Crippen molar-refractivity contribution in [2.75, 3.05) is 15.9 Å². The van der Waals surface area contributed by atoms with E-state index in [4.69, 9.17) is 11.6 Å². The fourth-order valence-electron chi connectivity index (χ4n) is 2.52. The SMILES string of the molecule is Cc1ccc(Cl)cc1NC(=O)C(C)N(c1cccc([N+](=O)[O-])c1)S(C)(=O)=O. The van der Waals surface area contributed by atoms with Crippen molar-refractivity contribution in [1.82, 2.24) is 0 Å². The number of nitrogens with one attached hydrogen (secondary N) is 1. The van der Waals surface area contributed by atoms with Crippen LogP contribution in [0.3, 0.4) is 0 Å². The van der Waals surface area contributed by atoms with Crippen molar-refractivity contribution < 1.29 is 18.1 Å². The number of nitro benzene ring substituents is 1. The predicted octanol–water partition coefficient (Wildman–Crippen LogP) is 3.35. The van der Waals surface area contributed by atoms with Crippen LogP contribution in [0.1, 0.15) is 12.5 Å². The first-order valence-electron chi connectivity index (χ1n) is 7.81. The fraction of sp³-hybridized carbons (Fsp3) is 0.235. The van der Waals surface area contributed by atoms with Gasteiger partial charge in [-0.05, 0) is 37.6 Å². The third-order valence-electron chi connectivity index (χ3n) is 3.84.